The van der Waals surface area contributed by atoms with E-state index in [-0.39, 0.29) is 42.2 Å². The molecule has 3 aliphatic rings. The minimum atomic E-state index is -2.82. The zero-order valence-corrected chi connectivity index (χ0v) is 25.2. The average molecular weight is 618 g/mol. The van der Waals surface area contributed by atoms with E-state index in [1.165, 1.54) is 4.90 Å². The molecular weight excluding hydrogens is 582 g/mol. The minimum Gasteiger partial charge on any atom is -0.507 e. The summed E-state index contributed by atoms with van der Waals surface area (Å²) in [5.74, 6) is -6.78. The third kappa shape index (κ3) is 4.91. The van der Waals surface area contributed by atoms with E-state index >= 15 is 0 Å². The van der Waals surface area contributed by atoms with Gasteiger partial charge in [0, 0.05) is 31.3 Å². The van der Waals surface area contributed by atoms with E-state index < -0.39 is 63.7 Å². The number of phenolic OH excluding ortho intramolecular Hbond substituents is 1. The molecule has 4 atom stereocenters. The normalized spacial score (nSPS) is 24.7. The molecule has 3 aliphatic carbocycles. The number of fused-ring (bicyclic) bond motifs is 3. The lowest BCUT2D eigenvalue weighted by atomic mass is 9.56. The van der Waals surface area contributed by atoms with Crippen LogP contribution in [-0.2, 0) is 27.3 Å². The van der Waals surface area contributed by atoms with Crippen LogP contribution in [-0.4, -0.2) is 83.5 Å². The predicted octanol–water partition coefficient (Wildman–Crippen LogP) is 1.17. The molecule has 1 saturated carbocycles. The number of phenols is 1. The number of carbonyl (C=O) groups is 3. The van der Waals surface area contributed by atoms with Gasteiger partial charge in [0.2, 0.25) is 11.6 Å². The number of likely N-dealkylation sites (N-methyl/N-ethyl adjacent to an activating group) is 1. The maximum Gasteiger partial charge on any atom is 0.254 e. The lowest BCUT2D eigenvalue weighted by molar-refractivity contribution is -0.161. The van der Waals surface area contributed by atoms with Crippen LogP contribution in [0.15, 0.2) is 63.4 Å². The average Bonchev–Trinajstić information content (AvgIpc) is 2.98. The van der Waals surface area contributed by atoms with Crippen molar-refractivity contribution in [2.24, 2.45) is 33.5 Å². The number of primary amides is 1. The smallest absolute Gasteiger partial charge is 0.254 e. The number of guanidine groups is 1. The van der Waals surface area contributed by atoms with Crippen LogP contribution in [0, 0.1) is 16.7 Å². The number of aliphatic hydroxyl groups is 2. The summed E-state index contributed by atoms with van der Waals surface area (Å²) in [5, 5.41) is 40.7. The van der Waals surface area contributed by atoms with Gasteiger partial charge in [-0.3, -0.25) is 14.4 Å². The van der Waals surface area contributed by atoms with Crippen molar-refractivity contribution in [1.29, 1.82) is 0 Å². The summed E-state index contributed by atoms with van der Waals surface area (Å²) in [5.41, 5.74) is 9.17. The second kappa shape index (κ2) is 11.4. The minimum absolute atomic E-state index is 0.0153. The molecule has 0 aliphatic heterocycles. The van der Waals surface area contributed by atoms with Crippen LogP contribution in [0.25, 0.3) is 5.76 Å². The molecule has 0 aromatic heterocycles. The van der Waals surface area contributed by atoms with Crippen molar-refractivity contribution in [1.82, 2.24) is 4.90 Å². The molecule has 1 unspecified atom stereocenters. The number of amides is 1. The number of Topliss-reactive ketones (excluding diaryl/α,β-unsaturated/α-hetero) is 2. The number of carbonyl (C=O) groups excluding carboxylic acids is 3. The van der Waals surface area contributed by atoms with Crippen LogP contribution in [0.5, 0.6) is 5.75 Å². The first-order valence-corrected chi connectivity index (χ1v) is 14.2. The predicted molar refractivity (Wildman–Crippen MR) is 167 cm³/mol. The SMILES string of the molecule is CN(C)c1cc(NC(N)=NCc2ccccc2)c(O)c2c1C[C@H]1C[C@H]3C(N(C)C)C(N=O)=C(C(N)=O)C(=O)[C@@]3(O)C(=O)C1=C2O. The first-order valence-electron chi connectivity index (χ1n) is 14.2. The fraction of sp³-hybridized carbons (Fsp3) is 0.355. The third-order valence-corrected chi connectivity index (χ3v) is 8.81. The van der Waals surface area contributed by atoms with Crippen LogP contribution in [0.3, 0.4) is 0 Å². The summed E-state index contributed by atoms with van der Waals surface area (Å²) >= 11 is 0. The number of hydrogen-bond donors (Lipinski definition) is 6. The number of nitrogens with one attached hydrogen (secondary N) is 1. The van der Waals surface area contributed by atoms with Crippen molar-refractivity contribution in [3.63, 3.8) is 0 Å². The molecule has 0 saturated heterocycles. The number of nitrogens with two attached hydrogens (primary N) is 2. The Balaban J connectivity index is 1.63. The lowest BCUT2D eigenvalue weighted by Crippen LogP contribution is -2.67. The third-order valence-electron chi connectivity index (χ3n) is 8.81. The fourth-order valence-corrected chi connectivity index (χ4v) is 6.83. The number of aliphatic hydroxyl groups excluding tert-OH is 1. The Morgan fingerprint density at radius 3 is 2.33 bits per heavy atom. The number of rotatable bonds is 7. The monoisotopic (exact) mass is 617 g/mol. The van der Waals surface area contributed by atoms with Gasteiger partial charge in [-0.15, -0.1) is 4.91 Å². The Kier molecular flexibility index (Phi) is 7.97. The zero-order chi connectivity index (χ0) is 33.0. The lowest BCUT2D eigenvalue weighted by Gasteiger charge is -2.50. The molecule has 0 heterocycles. The fourth-order valence-electron chi connectivity index (χ4n) is 6.83. The Morgan fingerprint density at radius 1 is 1.09 bits per heavy atom. The number of benzene rings is 2. The van der Waals surface area contributed by atoms with Gasteiger partial charge in [-0.25, -0.2) is 4.99 Å². The van der Waals surface area contributed by atoms with E-state index in [1.54, 1.807) is 39.2 Å². The van der Waals surface area contributed by atoms with Crippen LogP contribution in [0.4, 0.5) is 11.4 Å². The van der Waals surface area contributed by atoms with Gasteiger partial charge in [-0.2, -0.15) is 0 Å². The molecule has 14 nitrogen and oxygen atoms in total. The number of ketones is 2. The van der Waals surface area contributed by atoms with Gasteiger partial charge in [0.05, 0.1) is 23.8 Å². The van der Waals surface area contributed by atoms with Gasteiger partial charge in [-0.1, -0.05) is 30.3 Å². The van der Waals surface area contributed by atoms with Crippen molar-refractivity contribution in [3.8, 4) is 5.75 Å². The van der Waals surface area contributed by atoms with E-state index in [0.717, 1.165) is 5.56 Å². The Bertz CT molecular complexity index is 1710. The Morgan fingerprint density at radius 2 is 1.76 bits per heavy atom. The quantitative estimate of drug-likeness (QED) is 0.0646. The summed E-state index contributed by atoms with van der Waals surface area (Å²) in [6.07, 6.45) is 0.101. The van der Waals surface area contributed by atoms with Gasteiger partial charge >= 0.3 is 0 Å². The first-order chi connectivity index (χ1) is 21.2. The van der Waals surface area contributed by atoms with Gasteiger partial charge < -0.3 is 41.9 Å². The van der Waals surface area contributed by atoms with Crippen molar-refractivity contribution in [2.45, 2.75) is 31.0 Å². The second-order valence-electron chi connectivity index (χ2n) is 11.9. The van der Waals surface area contributed by atoms with Crippen molar-refractivity contribution < 1.29 is 29.7 Å². The maximum absolute atomic E-state index is 14.2. The summed E-state index contributed by atoms with van der Waals surface area (Å²) in [4.78, 5) is 59.5. The van der Waals surface area contributed by atoms with E-state index in [9.17, 15) is 34.6 Å². The number of aliphatic imine (C=N–C) groups is 1. The van der Waals surface area contributed by atoms with E-state index in [0.29, 0.717) is 11.3 Å². The van der Waals surface area contributed by atoms with E-state index in [2.05, 4.69) is 15.5 Å². The molecule has 14 heteroatoms. The zero-order valence-electron chi connectivity index (χ0n) is 25.2. The summed E-state index contributed by atoms with van der Waals surface area (Å²) in [6, 6.07) is 9.91. The second-order valence-corrected chi connectivity index (χ2v) is 11.9. The Hall–Kier alpha value is -5.08. The molecule has 1 amide bonds. The molecule has 0 spiro atoms. The molecule has 5 rings (SSSR count). The van der Waals surface area contributed by atoms with Crippen molar-refractivity contribution in [2.75, 3.05) is 38.4 Å². The van der Waals surface area contributed by atoms with Crippen LogP contribution < -0.4 is 21.7 Å². The topological polar surface area (TPSA) is 224 Å². The van der Waals surface area contributed by atoms with Crippen molar-refractivity contribution in [3.05, 3.63) is 74.8 Å². The molecule has 1 fully saturated rings. The van der Waals surface area contributed by atoms with Gasteiger partial charge in [-0.05, 0) is 55.2 Å². The standard InChI is InChI=1S/C31H35N7O7/c1-37(2)19-12-18(35-30(33)34-13-14-8-6-5-7-9-14)25(39)21-16(19)10-15-11-17-24(38(3)4)23(36-45)22(29(32)43)28(42)31(17,44)27(41)20(15)26(21)40/h5-9,12,15,17,24,39-40,44H,10-11,13H2,1-4H3,(H2,32,43)(H3,33,34,35)/t15-,17-,24?,31-/m0/s1. The van der Waals surface area contributed by atoms with Gasteiger partial charge in [0.25, 0.3) is 5.91 Å². The van der Waals surface area contributed by atoms with Crippen LogP contribution in [0.2, 0.25) is 0 Å². The molecule has 2 aromatic rings. The highest BCUT2D eigenvalue weighted by Crippen LogP contribution is 2.54. The molecule has 45 heavy (non-hydrogen) atoms. The number of aromatic hydroxyl groups is 1. The summed E-state index contributed by atoms with van der Waals surface area (Å²) < 4.78 is 0. The highest BCUT2D eigenvalue weighted by Gasteiger charge is 2.65. The van der Waals surface area contributed by atoms with Gasteiger partial charge in [0.15, 0.2) is 11.6 Å². The van der Waals surface area contributed by atoms with E-state index in [4.69, 9.17) is 11.5 Å². The van der Waals surface area contributed by atoms with E-state index in [1.807, 2.05) is 30.3 Å². The maximum atomic E-state index is 14.2. The molecule has 0 radical (unpaired) electrons. The molecule has 2 aromatic carbocycles. The van der Waals surface area contributed by atoms with Gasteiger partial charge in [0.1, 0.15) is 22.8 Å². The highest BCUT2D eigenvalue weighted by molar-refractivity contribution is 6.33. The van der Waals surface area contributed by atoms with Crippen molar-refractivity contribution >= 4 is 40.6 Å². The number of anilines is 2. The van der Waals surface area contributed by atoms with Crippen LogP contribution in [0.1, 0.15) is 23.1 Å². The largest absolute Gasteiger partial charge is 0.507 e. The molecule has 0 bridgehead atoms. The molecule has 236 valence electrons. The first kappa shape index (κ1) is 31.3. The number of hydrogen-bond acceptors (Lipinski definition) is 11. The van der Waals surface area contributed by atoms with Crippen LogP contribution >= 0.6 is 0 Å². The summed E-state index contributed by atoms with van der Waals surface area (Å²) in [7, 11) is 6.65. The number of nitrogens with zero attached hydrogens (tertiary/aromatic N) is 4. The number of nitroso groups, excluding NO2 is 1. The highest BCUT2D eigenvalue weighted by atomic mass is 16.3. The molecular formula is C31H35N7O7. The molecule has 8 N–H and O–H groups in total. The Labute approximate surface area is 258 Å². The summed E-state index contributed by atoms with van der Waals surface area (Å²) in [6.45, 7) is 0.266.